The number of rotatable bonds is 5. The highest BCUT2D eigenvalue weighted by atomic mass is 32.1. The second kappa shape index (κ2) is 8.57. The van der Waals surface area contributed by atoms with Gasteiger partial charge in [-0.2, -0.15) is 0 Å². The molecule has 0 atom stereocenters. The van der Waals surface area contributed by atoms with Crippen LogP contribution in [0, 0.1) is 10.2 Å². The number of amides is 1. The summed E-state index contributed by atoms with van der Waals surface area (Å²) < 4.78 is 1.86. The molecule has 2 aromatic rings. The predicted molar refractivity (Wildman–Crippen MR) is 115 cm³/mol. The van der Waals surface area contributed by atoms with E-state index in [4.69, 9.17) is 12.2 Å². The Morgan fingerprint density at radius 3 is 2.46 bits per heavy atom. The van der Waals surface area contributed by atoms with Crippen LogP contribution in [0.3, 0.4) is 0 Å². The molecule has 1 aliphatic heterocycles. The van der Waals surface area contributed by atoms with Gasteiger partial charge < -0.3 is 9.88 Å². The first-order chi connectivity index (χ1) is 13.2. The molecule has 0 aliphatic carbocycles. The second-order valence-electron chi connectivity index (χ2n) is 8.72. The maximum atomic E-state index is 12.7. The lowest BCUT2D eigenvalue weighted by Gasteiger charge is -2.36. The molecular weight excluding hydrogens is 372 g/mol. The van der Waals surface area contributed by atoms with E-state index < -0.39 is 0 Å². The maximum absolute atomic E-state index is 12.7. The van der Waals surface area contributed by atoms with Crippen molar-refractivity contribution in [3.05, 3.63) is 39.4 Å². The molecule has 0 spiro atoms. The zero-order chi connectivity index (χ0) is 20.3. The van der Waals surface area contributed by atoms with Crippen molar-refractivity contribution in [2.75, 3.05) is 32.7 Å². The van der Waals surface area contributed by atoms with Gasteiger partial charge in [-0.3, -0.25) is 19.1 Å². The van der Waals surface area contributed by atoms with E-state index in [-0.39, 0.29) is 17.9 Å². The molecule has 2 heterocycles. The molecule has 0 bridgehead atoms. The van der Waals surface area contributed by atoms with Crippen molar-refractivity contribution >= 4 is 29.0 Å². The van der Waals surface area contributed by atoms with Crippen LogP contribution in [0.5, 0.6) is 0 Å². The SMILES string of the molecule is CC(C)(C)CCN1CCN(C(=O)CCn2c(=S)[nH]c3ccccc3c2=O)CC1. The highest BCUT2D eigenvalue weighted by Gasteiger charge is 2.22. The molecule has 0 unspecified atom stereocenters. The van der Waals surface area contributed by atoms with Crippen molar-refractivity contribution < 1.29 is 4.79 Å². The molecule has 0 saturated carbocycles. The first-order valence-corrected chi connectivity index (χ1v) is 10.4. The standard InChI is InChI=1S/C21H30N4O2S/c1-21(2,3)9-11-23-12-14-24(15-13-23)18(26)8-10-25-19(27)16-6-4-5-7-17(16)22-20(25)28/h4-7H,8-15H2,1-3H3,(H,22,28). The van der Waals surface area contributed by atoms with E-state index in [1.165, 1.54) is 4.57 Å². The van der Waals surface area contributed by atoms with Gasteiger partial charge in [0.25, 0.3) is 5.56 Å². The van der Waals surface area contributed by atoms with Gasteiger partial charge in [-0.25, -0.2) is 0 Å². The lowest BCUT2D eigenvalue weighted by Crippen LogP contribution is -2.49. The number of carbonyl (C=O) groups is 1. The summed E-state index contributed by atoms with van der Waals surface area (Å²) in [5, 5.41) is 0.594. The zero-order valence-electron chi connectivity index (χ0n) is 17.0. The molecule has 1 saturated heterocycles. The van der Waals surface area contributed by atoms with Crippen molar-refractivity contribution in [3.63, 3.8) is 0 Å². The Balaban J connectivity index is 1.56. The summed E-state index contributed by atoms with van der Waals surface area (Å²) in [6, 6.07) is 7.30. The second-order valence-corrected chi connectivity index (χ2v) is 9.10. The fourth-order valence-corrected chi connectivity index (χ4v) is 3.77. The molecule has 1 N–H and O–H groups in total. The quantitative estimate of drug-likeness (QED) is 0.781. The lowest BCUT2D eigenvalue weighted by molar-refractivity contribution is -0.133. The van der Waals surface area contributed by atoms with Crippen molar-refractivity contribution in [2.24, 2.45) is 5.41 Å². The van der Waals surface area contributed by atoms with E-state index in [0.29, 0.717) is 22.1 Å². The highest BCUT2D eigenvalue weighted by molar-refractivity contribution is 7.71. The molecule has 152 valence electrons. The number of H-pyrrole nitrogens is 1. The van der Waals surface area contributed by atoms with Crippen LogP contribution >= 0.6 is 12.2 Å². The number of piperazine rings is 1. The predicted octanol–water partition coefficient (Wildman–Crippen LogP) is 3.03. The summed E-state index contributed by atoms with van der Waals surface area (Å²) in [6.07, 6.45) is 1.45. The van der Waals surface area contributed by atoms with Crippen LogP contribution < -0.4 is 5.56 Å². The van der Waals surface area contributed by atoms with E-state index in [0.717, 1.165) is 44.7 Å². The molecule has 6 nitrogen and oxygen atoms in total. The molecule has 3 rings (SSSR count). The number of nitrogens with zero attached hydrogens (tertiary/aromatic N) is 3. The van der Waals surface area contributed by atoms with Crippen molar-refractivity contribution in [2.45, 2.75) is 40.2 Å². The summed E-state index contributed by atoms with van der Waals surface area (Å²) in [6.45, 7) is 11.5. The molecule has 28 heavy (non-hydrogen) atoms. The normalized spacial score (nSPS) is 15.9. The summed E-state index contributed by atoms with van der Waals surface area (Å²) in [4.78, 5) is 32.7. The third kappa shape index (κ3) is 5.08. The monoisotopic (exact) mass is 402 g/mol. The third-order valence-electron chi connectivity index (χ3n) is 5.34. The van der Waals surface area contributed by atoms with Gasteiger partial charge >= 0.3 is 0 Å². The number of hydrogen-bond donors (Lipinski definition) is 1. The minimum atomic E-state index is -0.140. The minimum Gasteiger partial charge on any atom is -0.340 e. The zero-order valence-corrected chi connectivity index (χ0v) is 17.8. The number of para-hydroxylation sites is 1. The smallest absolute Gasteiger partial charge is 0.262 e. The van der Waals surface area contributed by atoms with E-state index in [1.807, 2.05) is 23.1 Å². The van der Waals surface area contributed by atoms with Crippen LogP contribution in [0.25, 0.3) is 10.9 Å². The average molecular weight is 403 g/mol. The molecule has 1 aromatic carbocycles. The third-order valence-corrected chi connectivity index (χ3v) is 5.66. The number of carbonyl (C=O) groups excluding carboxylic acids is 1. The topological polar surface area (TPSA) is 61.3 Å². The van der Waals surface area contributed by atoms with E-state index >= 15 is 0 Å². The van der Waals surface area contributed by atoms with Crippen LogP contribution in [0.2, 0.25) is 0 Å². The summed E-state index contributed by atoms with van der Waals surface area (Å²) >= 11 is 5.33. The first kappa shape index (κ1) is 20.7. The van der Waals surface area contributed by atoms with E-state index in [2.05, 4.69) is 30.7 Å². The van der Waals surface area contributed by atoms with Crippen LogP contribution in [0.1, 0.15) is 33.6 Å². The Bertz CT molecular complexity index is 949. The number of aromatic nitrogens is 2. The Morgan fingerprint density at radius 1 is 1.11 bits per heavy atom. The first-order valence-electron chi connectivity index (χ1n) is 9.97. The summed E-state index contributed by atoms with van der Waals surface area (Å²) in [5.74, 6) is 0.0879. The molecule has 0 radical (unpaired) electrons. The van der Waals surface area contributed by atoms with Crippen molar-refractivity contribution in [1.29, 1.82) is 0 Å². The van der Waals surface area contributed by atoms with Gasteiger partial charge in [0.1, 0.15) is 0 Å². The van der Waals surface area contributed by atoms with Gasteiger partial charge in [-0.1, -0.05) is 32.9 Å². The number of fused-ring (bicyclic) bond motifs is 1. The largest absolute Gasteiger partial charge is 0.340 e. The van der Waals surface area contributed by atoms with Crippen LogP contribution in [0.4, 0.5) is 0 Å². The molecule has 1 amide bonds. The number of benzene rings is 1. The van der Waals surface area contributed by atoms with E-state index in [1.54, 1.807) is 6.07 Å². The van der Waals surface area contributed by atoms with Gasteiger partial charge in [-0.05, 0) is 42.7 Å². The summed E-state index contributed by atoms with van der Waals surface area (Å²) in [5.41, 5.74) is 0.921. The van der Waals surface area contributed by atoms with Gasteiger partial charge in [0.05, 0.1) is 10.9 Å². The fourth-order valence-electron chi connectivity index (χ4n) is 3.48. The summed E-state index contributed by atoms with van der Waals surface area (Å²) in [7, 11) is 0. The molecule has 1 aliphatic rings. The van der Waals surface area contributed by atoms with E-state index in [9.17, 15) is 9.59 Å². The number of nitrogens with one attached hydrogen (secondary N) is 1. The van der Waals surface area contributed by atoms with Crippen LogP contribution in [0.15, 0.2) is 29.1 Å². The fraction of sp³-hybridized carbons (Fsp3) is 0.571. The Hall–Kier alpha value is -1.99. The molecule has 1 fully saturated rings. The average Bonchev–Trinajstić information content (AvgIpc) is 2.66. The maximum Gasteiger partial charge on any atom is 0.262 e. The number of hydrogen-bond acceptors (Lipinski definition) is 4. The lowest BCUT2D eigenvalue weighted by atomic mass is 9.92. The van der Waals surface area contributed by atoms with Crippen molar-refractivity contribution in [3.8, 4) is 0 Å². The Labute approximate surface area is 171 Å². The van der Waals surface area contributed by atoms with Crippen LogP contribution in [-0.4, -0.2) is 58.0 Å². The minimum absolute atomic E-state index is 0.0879. The van der Waals surface area contributed by atoms with Crippen LogP contribution in [-0.2, 0) is 11.3 Å². The van der Waals surface area contributed by atoms with Gasteiger partial charge in [0, 0.05) is 39.1 Å². The van der Waals surface area contributed by atoms with Gasteiger partial charge in [0.15, 0.2) is 4.77 Å². The molecule has 7 heteroatoms. The van der Waals surface area contributed by atoms with Gasteiger partial charge in [0.2, 0.25) is 5.91 Å². The number of aromatic amines is 1. The Kier molecular flexibility index (Phi) is 6.35. The highest BCUT2D eigenvalue weighted by Crippen LogP contribution is 2.19. The Morgan fingerprint density at radius 2 is 1.79 bits per heavy atom. The van der Waals surface area contributed by atoms with Gasteiger partial charge in [-0.15, -0.1) is 0 Å². The molecule has 1 aromatic heterocycles. The molecular formula is C21H30N4O2S. The van der Waals surface area contributed by atoms with Crippen molar-refractivity contribution in [1.82, 2.24) is 19.4 Å².